The summed E-state index contributed by atoms with van der Waals surface area (Å²) in [5.41, 5.74) is 6.46. The van der Waals surface area contributed by atoms with Crippen LogP contribution < -0.4 is 10.2 Å². The molecule has 0 saturated carbocycles. The number of nitrogens with one attached hydrogen (secondary N) is 1. The maximum Gasteiger partial charge on any atom is 0.226 e. The van der Waals surface area contributed by atoms with Crippen molar-refractivity contribution in [2.45, 2.75) is 19.4 Å². The van der Waals surface area contributed by atoms with E-state index in [0.29, 0.717) is 13.0 Å². The third-order valence-corrected chi connectivity index (χ3v) is 5.46. The highest BCUT2D eigenvalue weighted by Gasteiger charge is 2.22. The van der Waals surface area contributed by atoms with Gasteiger partial charge in [-0.15, -0.1) is 0 Å². The van der Waals surface area contributed by atoms with Gasteiger partial charge in [0, 0.05) is 25.2 Å². The molecule has 5 heteroatoms. The van der Waals surface area contributed by atoms with Gasteiger partial charge in [0.1, 0.15) is 0 Å². The van der Waals surface area contributed by atoms with Crippen LogP contribution in [-0.4, -0.2) is 22.0 Å². The third kappa shape index (κ3) is 3.36. The molecule has 0 saturated heterocycles. The first-order valence-corrected chi connectivity index (χ1v) is 9.94. The van der Waals surface area contributed by atoms with Gasteiger partial charge in [0.25, 0.3) is 0 Å². The Kier molecular flexibility index (Phi) is 4.48. The summed E-state index contributed by atoms with van der Waals surface area (Å²) < 4.78 is 2.03. The van der Waals surface area contributed by atoms with Crippen molar-refractivity contribution in [1.29, 1.82) is 0 Å². The number of rotatable bonds is 5. The predicted molar refractivity (Wildman–Crippen MR) is 117 cm³/mol. The summed E-state index contributed by atoms with van der Waals surface area (Å²) in [4.78, 5) is 19.4. The van der Waals surface area contributed by atoms with Gasteiger partial charge in [-0.1, -0.05) is 42.5 Å². The lowest BCUT2D eigenvalue weighted by Gasteiger charge is -2.23. The quantitative estimate of drug-likeness (QED) is 0.541. The Morgan fingerprint density at radius 3 is 2.62 bits per heavy atom. The molecule has 0 spiro atoms. The van der Waals surface area contributed by atoms with E-state index in [1.807, 2.05) is 47.0 Å². The highest BCUT2D eigenvalue weighted by molar-refractivity contribution is 5.95. The zero-order chi connectivity index (χ0) is 19.6. The summed E-state index contributed by atoms with van der Waals surface area (Å²) in [6, 6.07) is 24.5. The first-order chi connectivity index (χ1) is 14.3. The smallest absolute Gasteiger partial charge is 0.226 e. The second kappa shape index (κ2) is 7.43. The first kappa shape index (κ1) is 17.5. The van der Waals surface area contributed by atoms with Crippen molar-refractivity contribution in [3.05, 3.63) is 84.7 Å². The molecule has 144 valence electrons. The second-order valence-corrected chi connectivity index (χ2v) is 7.27. The molecule has 5 nitrogen and oxygen atoms in total. The number of benzene rings is 3. The first-order valence-electron chi connectivity index (χ1n) is 9.94. The molecule has 5 rings (SSSR count). The molecule has 0 atom stereocenters. The molecule has 4 aromatic rings. The number of carbonyl (C=O) groups is 1. The molecule has 0 unspecified atom stereocenters. The van der Waals surface area contributed by atoms with Crippen LogP contribution >= 0.6 is 0 Å². The van der Waals surface area contributed by atoms with E-state index in [9.17, 15) is 4.79 Å². The van der Waals surface area contributed by atoms with Gasteiger partial charge in [-0.3, -0.25) is 4.79 Å². The number of nitrogens with zero attached hydrogens (tertiary/aromatic N) is 3. The molecule has 0 bridgehead atoms. The Hall–Kier alpha value is -3.60. The van der Waals surface area contributed by atoms with Crippen molar-refractivity contribution >= 4 is 34.0 Å². The Morgan fingerprint density at radius 1 is 0.931 bits per heavy atom. The molecular weight excluding hydrogens is 360 g/mol. The number of carbonyl (C=O) groups excluding carboxylic acids is 1. The molecular formula is C24H22N4O. The Labute approximate surface area is 169 Å². The zero-order valence-electron chi connectivity index (χ0n) is 16.1. The molecule has 3 aromatic carbocycles. The molecule has 1 aliphatic rings. The fourth-order valence-corrected chi connectivity index (χ4v) is 4.03. The minimum absolute atomic E-state index is 0.00251. The lowest BCUT2D eigenvalue weighted by Crippen LogP contribution is -2.19. The van der Waals surface area contributed by atoms with Crippen molar-refractivity contribution < 1.29 is 4.79 Å². The summed E-state index contributed by atoms with van der Waals surface area (Å²) in [5.74, 6) is 0.00251. The van der Waals surface area contributed by atoms with Crippen LogP contribution in [0.2, 0.25) is 0 Å². The van der Waals surface area contributed by atoms with E-state index in [1.54, 1.807) is 6.33 Å². The van der Waals surface area contributed by atoms with E-state index in [-0.39, 0.29) is 5.91 Å². The SMILES string of the molecule is O=C(CCn1cnc2ccccc21)Nc1ccccc1N1CCc2ccccc21. The molecule has 0 radical (unpaired) electrons. The van der Waals surface area contributed by atoms with Crippen LogP contribution in [0.4, 0.5) is 17.1 Å². The maximum atomic E-state index is 12.7. The lowest BCUT2D eigenvalue weighted by atomic mass is 10.1. The fraction of sp³-hybridized carbons (Fsp3) is 0.167. The highest BCUT2D eigenvalue weighted by atomic mass is 16.1. The zero-order valence-corrected chi connectivity index (χ0v) is 16.1. The normalized spacial score (nSPS) is 12.9. The van der Waals surface area contributed by atoms with Crippen LogP contribution in [0.5, 0.6) is 0 Å². The number of para-hydroxylation sites is 5. The number of aryl methyl sites for hydroxylation is 1. The Bertz CT molecular complexity index is 1180. The number of aromatic nitrogens is 2. The van der Waals surface area contributed by atoms with Gasteiger partial charge >= 0.3 is 0 Å². The topological polar surface area (TPSA) is 50.2 Å². The number of hydrogen-bond donors (Lipinski definition) is 1. The van der Waals surface area contributed by atoms with Gasteiger partial charge in [0.2, 0.25) is 5.91 Å². The fourth-order valence-electron chi connectivity index (χ4n) is 4.03. The molecule has 1 N–H and O–H groups in total. The van der Waals surface area contributed by atoms with Crippen molar-refractivity contribution in [3.63, 3.8) is 0 Å². The Morgan fingerprint density at radius 2 is 1.69 bits per heavy atom. The van der Waals surface area contributed by atoms with Crippen LogP contribution in [0, 0.1) is 0 Å². The predicted octanol–water partition coefficient (Wildman–Crippen LogP) is 4.76. The van der Waals surface area contributed by atoms with Crippen LogP contribution in [0.25, 0.3) is 11.0 Å². The van der Waals surface area contributed by atoms with Gasteiger partial charge in [-0.25, -0.2) is 4.98 Å². The molecule has 2 heterocycles. The molecule has 29 heavy (non-hydrogen) atoms. The number of hydrogen-bond acceptors (Lipinski definition) is 3. The van der Waals surface area contributed by atoms with Crippen molar-refractivity contribution in [2.75, 3.05) is 16.8 Å². The molecule has 0 aliphatic carbocycles. The van der Waals surface area contributed by atoms with Crippen LogP contribution in [-0.2, 0) is 17.8 Å². The summed E-state index contributed by atoms with van der Waals surface area (Å²) >= 11 is 0. The van der Waals surface area contributed by atoms with Crippen molar-refractivity contribution in [3.8, 4) is 0 Å². The molecule has 0 fully saturated rings. The minimum atomic E-state index is 0.00251. The number of fused-ring (bicyclic) bond motifs is 2. The monoisotopic (exact) mass is 382 g/mol. The van der Waals surface area contributed by atoms with E-state index >= 15 is 0 Å². The van der Waals surface area contributed by atoms with Crippen LogP contribution in [0.1, 0.15) is 12.0 Å². The average Bonchev–Trinajstić information content (AvgIpc) is 3.37. The molecule has 1 amide bonds. The highest BCUT2D eigenvalue weighted by Crippen LogP contribution is 2.38. The van der Waals surface area contributed by atoms with Crippen molar-refractivity contribution in [2.24, 2.45) is 0 Å². The summed E-state index contributed by atoms with van der Waals surface area (Å²) in [7, 11) is 0. The summed E-state index contributed by atoms with van der Waals surface area (Å²) in [5, 5.41) is 3.11. The van der Waals surface area contributed by atoms with Crippen LogP contribution in [0.3, 0.4) is 0 Å². The van der Waals surface area contributed by atoms with Gasteiger partial charge < -0.3 is 14.8 Å². The van der Waals surface area contributed by atoms with Gasteiger partial charge in [0.15, 0.2) is 0 Å². The van der Waals surface area contributed by atoms with Gasteiger partial charge in [-0.05, 0) is 42.3 Å². The number of imidazole rings is 1. The minimum Gasteiger partial charge on any atom is -0.339 e. The van der Waals surface area contributed by atoms with Gasteiger partial charge in [-0.2, -0.15) is 0 Å². The summed E-state index contributed by atoms with van der Waals surface area (Å²) in [6.45, 7) is 1.52. The largest absolute Gasteiger partial charge is 0.339 e. The molecule has 1 aliphatic heterocycles. The standard InChI is InChI=1S/C24H22N4O/c29-24(14-15-27-17-25-19-8-2-5-11-22(19)27)26-20-9-3-6-12-23(20)28-16-13-18-7-1-4-10-21(18)28/h1-12,17H,13-16H2,(H,26,29). The number of anilines is 3. The summed E-state index contributed by atoms with van der Waals surface area (Å²) in [6.07, 6.45) is 3.21. The average molecular weight is 382 g/mol. The lowest BCUT2D eigenvalue weighted by molar-refractivity contribution is -0.116. The van der Waals surface area contributed by atoms with E-state index in [2.05, 4.69) is 45.5 Å². The van der Waals surface area contributed by atoms with E-state index in [1.165, 1.54) is 11.3 Å². The van der Waals surface area contributed by atoms with Crippen molar-refractivity contribution in [1.82, 2.24) is 9.55 Å². The van der Waals surface area contributed by atoms with Crippen LogP contribution in [0.15, 0.2) is 79.1 Å². The van der Waals surface area contributed by atoms with Gasteiger partial charge in [0.05, 0.1) is 28.7 Å². The number of amides is 1. The van der Waals surface area contributed by atoms with E-state index in [4.69, 9.17) is 0 Å². The van der Waals surface area contributed by atoms with E-state index < -0.39 is 0 Å². The second-order valence-electron chi connectivity index (χ2n) is 7.27. The third-order valence-electron chi connectivity index (χ3n) is 5.46. The maximum absolute atomic E-state index is 12.7. The Balaban J connectivity index is 1.32. The van der Waals surface area contributed by atoms with E-state index in [0.717, 1.165) is 35.4 Å². The molecule has 1 aromatic heterocycles.